The van der Waals surface area contributed by atoms with Gasteiger partial charge < -0.3 is 19.1 Å². The van der Waals surface area contributed by atoms with Crippen LogP contribution in [0.4, 0.5) is 4.79 Å². The van der Waals surface area contributed by atoms with Crippen LogP contribution >= 0.6 is 12.0 Å². The number of piperidine rings is 1. The number of carbonyl (C=O) groups is 2. The van der Waals surface area contributed by atoms with Crippen molar-refractivity contribution in [2.24, 2.45) is 0 Å². The Hall–Kier alpha value is -0.950. The second-order valence-electron chi connectivity index (χ2n) is 5.75. The van der Waals surface area contributed by atoms with E-state index in [0.29, 0.717) is 12.3 Å². The van der Waals surface area contributed by atoms with E-state index in [1.165, 1.54) is 0 Å². The Morgan fingerprint density at radius 2 is 2.10 bits per heavy atom. The number of likely N-dealkylation sites (tertiary alicyclic amines) is 1. The molecule has 0 aromatic carbocycles. The van der Waals surface area contributed by atoms with Crippen LogP contribution in [0.1, 0.15) is 33.6 Å². The van der Waals surface area contributed by atoms with Crippen molar-refractivity contribution in [1.29, 1.82) is 0 Å². The minimum atomic E-state index is -0.511. The van der Waals surface area contributed by atoms with Gasteiger partial charge in [-0.05, 0) is 33.6 Å². The van der Waals surface area contributed by atoms with Crippen molar-refractivity contribution in [3.63, 3.8) is 0 Å². The Balaban J connectivity index is 2.40. The fourth-order valence-electron chi connectivity index (χ4n) is 2.00. The zero-order valence-corrected chi connectivity index (χ0v) is 13.4. The molecule has 0 bridgehead atoms. The molecular formula is C13H24N2O4S. The van der Waals surface area contributed by atoms with Gasteiger partial charge in [-0.2, -0.15) is 0 Å². The Bertz CT molecular complexity index is 344. The van der Waals surface area contributed by atoms with E-state index in [1.807, 2.05) is 20.8 Å². The maximum atomic E-state index is 11.9. The van der Waals surface area contributed by atoms with Gasteiger partial charge in [0.1, 0.15) is 5.60 Å². The number of hydrogen-bond donors (Lipinski definition) is 1. The van der Waals surface area contributed by atoms with Crippen LogP contribution in [0, 0.1) is 0 Å². The lowest BCUT2D eigenvalue weighted by molar-refractivity contribution is -0.129. The Labute approximate surface area is 124 Å². The fourth-order valence-corrected chi connectivity index (χ4v) is 2.40. The van der Waals surface area contributed by atoms with Gasteiger partial charge in [0.15, 0.2) is 0 Å². The first-order chi connectivity index (χ1) is 9.31. The van der Waals surface area contributed by atoms with Gasteiger partial charge in [-0.3, -0.25) is 4.79 Å². The predicted octanol–water partition coefficient (Wildman–Crippen LogP) is 1.80. The number of nitrogens with zero attached hydrogens (tertiary/aromatic N) is 1. The van der Waals surface area contributed by atoms with Gasteiger partial charge in [-0.15, -0.1) is 0 Å². The first kappa shape index (κ1) is 17.1. The molecule has 0 aliphatic carbocycles. The van der Waals surface area contributed by atoms with Crippen molar-refractivity contribution in [3.05, 3.63) is 0 Å². The van der Waals surface area contributed by atoms with Gasteiger partial charge in [-0.1, -0.05) is 0 Å². The summed E-state index contributed by atoms with van der Waals surface area (Å²) < 4.78 is 10.1. The maximum absolute atomic E-state index is 11.9. The minimum Gasteiger partial charge on any atom is -0.444 e. The molecule has 1 aliphatic rings. The third kappa shape index (κ3) is 6.47. The molecule has 0 aromatic heterocycles. The zero-order valence-electron chi connectivity index (χ0n) is 12.6. The van der Waals surface area contributed by atoms with Crippen LogP contribution in [0.2, 0.25) is 0 Å². The summed E-state index contributed by atoms with van der Waals surface area (Å²) in [6.07, 6.45) is 1.31. The average molecular weight is 304 g/mol. The molecule has 1 N–H and O–H groups in total. The van der Waals surface area contributed by atoms with Gasteiger partial charge >= 0.3 is 6.09 Å². The second kappa shape index (κ2) is 7.73. The van der Waals surface area contributed by atoms with Crippen molar-refractivity contribution in [1.82, 2.24) is 10.2 Å². The highest BCUT2D eigenvalue weighted by Crippen LogP contribution is 2.13. The molecule has 116 valence electrons. The lowest BCUT2D eigenvalue weighted by atomic mass is 10.1. The number of nitrogens with one attached hydrogen (secondary N) is 1. The third-order valence-corrected chi connectivity index (χ3v) is 3.40. The molecule has 0 aromatic rings. The van der Waals surface area contributed by atoms with Crippen LogP contribution in [-0.2, 0) is 13.7 Å². The molecule has 20 heavy (non-hydrogen) atoms. The highest BCUT2D eigenvalue weighted by molar-refractivity contribution is 7.95. The second-order valence-corrected chi connectivity index (χ2v) is 6.61. The van der Waals surface area contributed by atoms with Gasteiger partial charge in [0.2, 0.25) is 5.91 Å². The van der Waals surface area contributed by atoms with Crippen LogP contribution in [-0.4, -0.2) is 54.5 Å². The summed E-state index contributed by atoms with van der Waals surface area (Å²) in [4.78, 5) is 25.4. The van der Waals surface area contributed by atoms with Crippen LogP contribution in [0.25, 0.3) is 0 Å². The highest BCUT2D eigenvalue weighted by atomic mass is 32.2. The summed E-state index contributed by atoms with van der Waals surface area (Å²) >= 11 is 1.13. The van der Waals surface area contributed by atoms with E-state index in [4.69, 9.17) is 8.92 Å². The predicted molar refractivity (Wildman–Crippen MR) is 78.4 cm³/mol. The van der Waals surface area contributed by atoms with Gasteiger partial charge in [0.25, 0.3) is 0 Å². The van der Waals surface area contributed by atoms with Crippen LogP contribution in [0.3, 0.4) is 0 Å². The Morgan fingerprint density at radius 3 is 2.70 bits per heavy atom. The quantitative estimate of drug-likeness (QED) is 0.802. The summed E-state index contributed by atoms with van der Waals surface area (Å²) in [6, 6.07) is -0.0462. The Morgan fingerprint density at radius 1 is 1.40 bits per heavy atom. The van der Waals surface area contributed by atoms with Crippen molar-refractivity contribution in [2.75, 3.05) is 26.0 Å². The summed E-state index contributed by atoms with van der Waals surface area (Å²) in [5, 5.41) is 2.82. The van der Waals surface area contributed by atoms with Crippen molar-refractivity contribution >= 4 is 24.0 Å². The van der Waals surface area contributed by atoms with Crippen molar-refractivity contribution in [2.45, 2.75) is 45.3 Å². The number of hydrogen-bond acceptors (Lipinski definition) is 5. The molecule has 1 heterocycles. The van der Waals surface area contributed by atoms with E-state index in [0.717, 1.165) is 31.4 Å². The van der Waals surface area contributed by atoms with E-state index in [2.05, 4.69) is 5.32 Å². The topological polar surface area (TPSA) is 67.9 Å². The molecule has 0 radical (unpaired) electrons. The first-order valence-corrected chi connectivity index (χ1v) is 7.66. The van der Waals surface area contributed by atoms with E-state index >= 15 is 0 Å². The molecule has 2 amide bonds. The SMILES string of the molecule is COSCC(=O)N1CCCC(NC(=O)OC(C)(C)C)C1. The molecular weight excluding hydrogens is 280 g/mol. The average Bonchev–Trinajstić information content (AvgIpc) is 2.33. The molecule has 1 aliphatic heterocycles. The summed E-state index contributed by atoms with van der Waals surface area (Å²) in [6.45, 7) is 6.74. The molecule has 0 spiro atoms. The molecule has 6 nitrogen and oxygen atoms in total. The standard InChI is InChI=1S/C13H24N2O4S/c1-13(2,3)19-12(17)14-10-6-5-7-15(8-10)11(16)9-20-18-4/h10H,5-9H2,1-4H3,(H,14,17). The lowest BCUT2D eigenvalue weighted by Gasteiger charge is -2.33. The molecule has 1 saturated heterocycles. The maximum Gasteiger partial charge on any atom is 0.407 e. The van der Waals surface area contributed by atoms with E-state index < -0.39 is 11.7 Å². The van der Waals surface area contributed by atoms with E-state index in [-0.39, 0.29) is 11.9 Å². The van der Waals surface area contributed by atoms with E-state index in [9.17, 15) is 9.59 Å². The summed E-state index contributed by atoms with van der Waals surface area (Å²) in [5.74, 6) is 0.336. The monoisotopic (exact) mass is 304 g/mol. The van der Waals surface area contributed by atoms with Gasteiger partial charge in [-0.25, -0.2) is 4.79 Å². The number of ether oxygens (including phenoxy) is 1. The van der Waals surface area contributed by atoms with Crippen molar-refractivity contribution < 1.29 is 18.5 Å². The normalized spacial score (nSPS) is 19.6. The van der Waals surface area contributed by atoms with Crippen LogP contribution < -0.4 is 5.32 Å². The number of alkyl carbamates (subject to hydrolysis) is 1. The molecule has 7 heteroatoms. The molecule has 1 atom stereocenters. The highest BCUT2D eigenvalue weighted by Gasteiger charge is 2.26. The lowest BCUT2D eigenvalue weighted by Crippen LogP contribution is -2.50. The number of rotatable bonds is 4. The minimum absolute atomic E-state index is 0.0348. The zero-order chi connectivity index (χ0) is 15.2. The van der Waals surface area contributed by atoms with Crippen LogP contribution in [0.5, 0.6) is 0 Å². The largest absolute Gasteiger partial charge is 0.444 e. The van der Waals surface area contributed by atoms with Crippen LogP contribution in [0.15, 0.2) is 0 Å². The Kier molecular flexibility index (Phi) is 6.61. The molecule has 1 fully saturated rings. The van der Waals surface area contributed by atoms with Gasteiger partial charge in [0.05, 0.1) is 12.9 Å². The van der Waals surface area contributed by atoms with E-state index in [1.54, 1.807) is 12.0 Å². The molecule has 1 unspecified atom stereocenters. The fraction of sp³-hybridized carbons (Fsp3) is 0.846. The van der Waals surface area contributed by atoms with Crippen molar-refractivity contribution in [3.8, 4) is 0 Å². The smallest absolute Gasteiger partial charge is 0.407 e. The molecule has 0 saturated carbocycles. The third-order valence-electron chi connectivity index (χ3n) is 2.80. The number of amides is 2. The summed E-state index contributed by atoms with van der Waals surface area (Å²) in [5.41, 5.74) is -0.511. The van der Waals surface area contributed by atoms with Gasteiger partial charge in [0, 0.05) is 31.2 Å². The molecule has 1 rings (SSSR count). The first-order valence-electron chi connectivity index (χ1n) is 6.74. The number of carbonyl (C=O) groups excluding carboxylic acids is 2. The summed E-state index contributed by atoms with van der Waals surface area (Å²) in [7, 11) is 1.54.